The van der Waals surface area contributed by atoms with Crippen LogP contribution in [0.2, 0.25) is 0 Å². The molecule has 3 heterocycles. The molecule has 0 saturated carbocycles. The van der Waals surface area contributed by atoms with Crippen LogP contribution in [0.3, 0.4) is 0 Å². The fraction of sp³-hybridized carbons (Fsp3) is 0.0526. The number of carbonyl (C=O) groups is 1. The third kappa shape index (κ3) is 3.12. The van der Waals surface area contributed by atoms with Crippen LogP contribution < -0.4 is 5.32 Å². The molecule has 5 nitrogen and oxygen atoms in total. The summed E-state index contributed by atoms with van der Waals surface area (Å²) in [4.78, 5) is 26.8. The molecule has 25 heavy (non-hydrogen) atoms. The number of nitrogens with zero attached hydrogens (tertiary/aromatic N) is 3. The second-order valence-electron chi connectivity index (χ2n) is 5.54. The van der Waals surface area contributed by atoms with Crippen molar-refractivity contribution < 1.29 is 4.79 Å². The first kappa shape index (κ1) is 15.4. The number of pyridine rings is 2. The Morgan fingerprint density at radius 1 is 1.12 bits per heavy atom. The van der Waals surface area contributed by atoms with E-state index in [1.807, 2.05) is 49.4 Å². The Balaban J connectivity index is 1.82. The van der Waals surface area contributed by atoms with Crippen LogP contribution in [0.25, 0.3) is 22.2 Å². The number of nitrogens with one attached hydrogen (secondary N) is 1. The number of benzene rings is 1. The molecule has 4 aromatic rings. The zero-order valence-electron chi connectivity index (χ0n) is 13.4. The lowest BCUT2D eigenvalue weighted by Crippen LogP contribution is -2.12. The number of aromatic nitrogens is 3. The fourth-order valence-electron chi connectivity index (χ4n) is 2.61. The zero-order chi connectivity index (χ0) is 17.2. The number of hydrogen-bond acceptors (Lipinski definition) is 5. The van der Waals surface area contributed by atoms with Gasteiger partial charge in [-0.05, 0) is 31.2 Å². The van der Waals surface area contributed by atoms with E-state index in [0.717, 1.165) is 27.0 Å². The van der Waals surface area contributed by atoms with Crippen LogP contribution in [-0.4, -0.2) is 20.9 Å². The Hall–Kier alpha value is -3.12. The second-order valence-corrected chi connectivity index (χ2v) is 6.77. The van der Waals surface area contributed by atoms with E-state index in [1.165, 1.54) is 11.3 Å². The smallest absolute Gasteiger partial charge is 0.258 e. The van der Waals surface area contributed by atoms with Crippen LogP contribution >= 0.6 is 11.3 Å². The number of para-hydroxylation sites is 1. The van der Waals surface area contributed by atoms with Crippen molar-refractivity contribution in [3.8, 4) is 11.3 Å². The van der Waals surface area contributed by atoms with Crippen LogP contribution in [0.1, 0.15) is 15.2 Å². The van der Waals surface area contributed by atoms with Gasteiger partial charge in [-0.25, -0.2) is 9.97 Å². The van der Waals surface area contributed by atoms with E-state index in [1.54, 1.807) is 18.6 Å². The molecular formula is C19H14N4OS. The summed E-state index contributed by atoms with van der Waals surface area (Å²) in [6, 6.07) is 13.2. The first-order valence-corrected chi connectivity index (χ1v) is 8.56. The third-order valence-electron chi connectivity index (χ3n) is 3.78. The molecule has 3 aromatic heterocycles. The van der Waals surface area contributed by atoms with E-state index in [0.29, 0.717) is 10.7 Å². The van der Waals surface area contributed by atoms with E-state index in [9.17, 15) is 4.79 Å². The van der Waals surface area contributed by atoms with E-state index in [2.05, 4.69) is 20.3 Å². The van der Waals surface area contributed by atoms with Crippen LogP contribution in [0.5, 0.6) is 0 Å². The average Bonchev–Trinajstić information content (AvgIpc) is 3.06. The summed E-state index contributed by atoms with van der Waals surface area (Å²) in [5.74, 6) is -0.191. The van der Waals surface area contributed by atoms with Gasteiger partial charge in [0.25, 0.3) is 5.91 Å². The van der Waals surface area contributed by atoms with Gasteiger partial charge in [0, 0.05) is 34.4 Å². The normalized spacial score (nSPS) is 10.8. The molecule has 0 aliphatic carbocycles. The fourth-order valence-corrected chi connectivity index (χ4v) is 3.27. The third-order valence-corrected chi connectivity index (χ3v) is 4.61. The standard InChI is InChI=1S/C19H14N4OS/c1-12-11-21-19(25-12)23-18(24)15-10-17(13-6-8-20-9-7-13)22-16-5-3-2-4-14(15)16/h2-11H,1H3,(H,21,23,24). The highest BCUT2D eigenvalue weighted by Gasteiger charge is 2.15. The van der Waals surface area contributed by atoms with Gasteiger partial charge in [-0.3, -0.25) is 15.1 Å². The van der Waals surface area contributed by atoms with Crippen molar-refractivity contribution >= 4 is 33.3 Å². The van der Waals surface area contributed by atoms with Crippen molar-refractivity contribution in [1.29, 1.82) is 0 Å². The van der Waals surface area contributed by atoms with Gasteiger partial charge in [0.05, 0.1) is 16.8 Å². The largest absolute Gasteiger partial charge is 0.298 e. The summed E-state index contributed by atoms with van der Waals surface area (Å²) in [5, 5.41) is 4.28. The van der Waals surface area contributed by atoms with Crippen molar-refractivity contribution in [2.45, 2.75) is 6.92 Å². The van der Waals surface area contributed by atoms with Gasteiger partial charge in [-0.15, -0.1) is 11.3 Å². The number of thiazole rings is 1. The molecule has 0 bridgehead atoms. The maximum Gasteiger partial charge on any atom is 0.258 e. The zero-order valence-corrected chi connectivity index (χ0v) is 14.2. The summed E-state index contributed by atoms with van der Waals surface area (Å²) in [6.07, 6.45) is 5.17. The predicted octanol–water partition coefficient (Wildman–Crippen LogP) is 4.31. The summed E-state index contributed by atoms with van der Waals surface area (Å²) in [5.41, 5.74) is 3.00. The summed E-state index contributed by atoms with van der Waals surface area (Å²) >= 11 is 1.45. The molecule has 0 aliphatic heterocycles. The number of fused-ring (bicyclic) bond motifs is 1. The molecule has 0 atom stereocenters. The molecule has 0 radical (unpaired) electrons. The lowest BCUT2D eigenvalue weighted by atomic mass is 10.0. The molecule has 0 saturated heterocycles. The van der Waals surface area contributed by atoms with Gasteiger partial charge < -0.3 is 0 Å². The van der Waals surface area contributed by atoms with Crippen LogP contribution in [-0.2, 0) is 0 Å². The Bertz CT molecular complexity index is 1060. The van der Waals surface area contributed by atoms with Crippen molar-refractivity contribution in [2.24, 2.45) is 0 Å². The van der Waals surface area contributed by atoms with E-state index >= 15 is 0 Å². The lowest BCUT2D eigenvalue weighted by Gasteiger charge is -2.09. The SMILES string of the molecule is Cc1cnc(NC(=O)c2cc(-c3ccncc3)nc3ccccc23)s1. The van der Waals surface area contributed by atoms with Crippen molar-refractivity contribution in [3.05, 3.63) is 71.5 Å². The Kier molecular flexibility index (Phi) is 3.95. The van der Waals surface area contributed by atoms with Gasteiger partial charge in [0.15, 0.2) is 5.13 Å². The van der Waals surface area contributed by atoms with Crippen molar-refractivity contribution in [1.82, 2.24) is 15.0 Å². The van der Waals surface area contributed by atoms with Gasteiger partial charge in [-0.1, -0.05) is 18.2 Å². The highest BCUT2D eigenvalue weighted by Crippen LogP contribution is 2.26. The van der Waals surface area contributed by atoms with Crippen LogP contribution in [0, 0.1) is 6.92 Å². The summed E-state index contributed by atoms with van der Waals surface area (Å²) < 4.78 is 0. The molecule has 0 fully saturated rings. The lowest BCUT2D eigenvalue weighted by molar-refractivity contribution is 0.102. The molecule has 4 rings (SSSR count). The maximum absolute atomic E-state index is 12.8. The highest BCUT2D eigenvalue weighted by molar-refractivity contribution is 7.15. The number of anilines is 1. The van der Waals surface area contributed by atoms with E-state index in [4.69, 9.17) is 0 Å². The monoisotopic (exact) mass is 346 g/mol. The van der Waals surface area contributed by atoms with Gasteiger partial charge in [0.2, 0.25) is 0 Å². The van der Waals surface area contributed by atoms with Gasteiger partial charge in [-0.2, -0.15) is 0 Å². The maximum atomic E-state index is 12.8. The average molecular weight is 346 g/mol. The summed E-state index contributed by atoms with van der Waals surface area (Å²) in [7, 11) is 0. The van der Waals surface area contributed by atoms with Gasteiger partial charge in [0.1, 0.15) is 0 Å². The molecular weight excluding hydrogens is 332 g/mol. The molecule has 1 N–H and O–H groups in total. The first-order chi connectivity index (χ1) is 12.2. The molecule has 0 aliphatic rings. The van der Waals surface area contributed by atoms with Crippen molar-refractivity contribution in [3.63, 3.8) is 0 Å². The van der Waals surface area contributed by atoms with E-state index < -0.39 is 0 Å². The molecule has 6 heteroatoms. The molecule has 1 amide bonds. The Labute approximate surface area is 148 Å². The topological polar surface area (TPSA) is 67.8 Å². The minimum absolute atomic E-state index is 0.191. The number of aryl methyl sites for hydroxylation is 1. The minimum Gasteiger partial charge on any atom is -0.298 e. The predicted molar refractivity (Wildman–Crippen MR) is 99.8 cm³/mol. The van der Waals surface area contributed by atoms with Crippen molar-refractivity contribution in [2.75, 3.05) is 5.32 Å². The van der Waals surface area contributed by atoms with Crippen LogP contribution in [0.4, 0.5) is 5.13 Å². The van der Waals surface area contributed by atoms with Crippen LogP contribution in [0.15, 0.2) is 61.1 Å². The number of hydrogen-bond donors (Lipinski definition) is 1. The molecule has 0 spiro atoms. The summed E-state index contributed by atoms with van der Waals surface area (Å²) in [6.45, 7) is 1.96. The highest BCUT2D eigenvalue weighted by atomic mass is 32.1. The molecule has 1 aromatic carbocycles. The molecule has 122 valence electrons. The van der Waals surface area contributed by atoms with E-state index in [-0.39, 0.29) is 5.91 Å². The quantitative estimate of drug-likeness (QED) is 0.600. The second kappa shape index (κ2) is 6.41. The van der Waals surface area contributed by atoms with Gasteiger partial charge >= 0.3 is 0 Å². The Morgan fingerprint density at radius 3 is 2.68 bits per heavy atom. The Morgan fingerprint density at radius 2 is 1.92 bits per heavy atom. The first-order valence-electron chi connectivity index (χ1n) is 7.75. The number of carbonyl (C=O) groups excluding carboxylic acids is 1. The minimum atomic E-state index is -0.191. The molecule has 0 unspecified atom stereocenters. The number of amides is 1. The number of rotatable bonds is 3.